The zero-order valence-corrected chi connectivity index (χ0v) is 17.9. The molecule has 132 valence electrons. The van der Waals surface area contributed by atoms with Crippen LogP contribution in [0.15, 0.2) is 4.99 Å². The van der Waals surface area contributed by atoms with Gasteiger partial charge in [0.1, 0.15) is 5.84 Å². The van der Waals surface area contributed by atoms with Gasteiger partial charge in [-0.05, 0) is 51.2 Å². The Labute approximate surface area is 160 Å². The van der Waals surface area contributed by atoms with Crippen LogP contribution in [0, 0.1) is 10.8 Å². The first-order valence-corrected chi connectivity index (χ1v) is 8.39. The molecule has 3 aliphatic rings. The molecule has 0 aromatic carbocycles. The van der Waals surface area contributed by atoms with Crippen molar-refractivity contribution < 1.29 is 0 Å². The van der Waals surface area contributed by atoms with E-state index in [4.69, 9.17) is 0 Å². The van der Waals surface area contributed by atoms with E-state index in [0.717, 1.165) is 24.3 Å². The highest BCUT2D eigenvalue weighted by molar-refractivity contribution is 14.0. The number of likely N-dealkylation sites (tertiary alicyclic amines) is 1. The normalized spacial score (nSPS) is 23.5. The summed E-state index contributed by atoms with van der Waals surface area (Å²) in [5.74, 6) is 1.16. The average molecular weight is 444 g/mol. The summed E-state index contributed by atoms with van der Waals surface area (Å²) in [6.07, 6.45) is 9.02. The van der Waals surface area contributed by atoms with Gasteiger partial charge in [-0.3, -0.25) is 4.99 Å². The van der Waals surface area contributed by atoms with E-state index in [0.29, 0.717) is 0 Å². The number of hydrogen-bond donors (Lipinski definition) is 1. The molecule has 1 saturated carbocycles. The van der Waals surface area contributed by atoms with E-state index in [1.54, 1.807) is 0 Å². The van der Waals surface area contributed by atoms with Crippen molar-refractivity contribution in [2.24, 2.45) is 15.8 Å². The number of nitrogens with one attached hydrogen (secondary N) is 1. The summed E-state index contributed by atoms with van der Waals surface area (Å²) in [6.45, 7) is 11.2. The average Bonchev–Trinajstić information content (AvgIpc) is 3.06. The molecule has 22 heavy (non-hydrogen) atoms. The Morgan fingerprint density at radius 1 is 1.05 bits per heavy atom. The number of rotatable bonds is 0. The maximum Gasteiger partial charge on any atom is 0.102 e. The third-order valence-electron chi connectivity index (χ3n) is 5.10. The molecule has 2 heterocycles. The molecule has 0 aromatic heterocycles. The van der Waals surface area contributed by atoms with Gasteiger partial charge in [0.25, 0.3) is 0 Å². The minimum atomic E-state index is 0. The van der Waals surface area contributed by atoms with Crippen molar-refractivity contribution in [2.75, 3.05) is 33.2 Å². The summed E-state index contributed by atoms with van der Waals surface area (Å²) in [6, 6.07) is 0. The molecule has 2 fully saturated rings. The predicted octanol–water partition coefficient (Wildman–Crippen LogP) is 4.35. The predicted molar refractivity (Wildman–Crippen MR) is 110 cm³/mol. The van der Waals surface area contributed by atoms with E-state index in [1.165, 1.54) is 51.6 Å². The standard InChI is InChI=1S/C10H19N.C7H14N2.ClH.HI/c1-11-8-6-10(7-9-11)4-2-3-5-10;1-7(2,3)6-8-4-5-9-6;;/h2-9H2,1H3;4-5H2,1-3H3,(H,8,9);2*1H. The van der Waals surface area contributed by atoms with Crippen LogP contribution in [0.5, 0.6) is 0 Å². The van der Waals surface area contributed by atoms with E-state index in [9.17, 15) is 0 Å². The second-order valence-corrected chi connectivity index (χ2v) is 7.92. The van der Waals surface area contributed by atoms with E-state index < -0.39 is 0 Å². The maximum atomic E-state index is 4.31. The Bertz CT molecular complexity index is 336. The smallest absolute Gasteiger partial charge is 0.102 e. The minimum absolute atomic E-state index is 0. The molecular formula is C17H35ClIN3. The number of halogens is 2. The van der Waals surface area contributed by atoms with Crippen LogP contribution in [-0.2, 0) is 0 Å². The van der Waals surface area contributed by atoms with Gasteiger partial charge in [-0.2, -0.15) is 0 Å². The van der Waals surface area contributed by atoms with E-state index in [-0.39, 0.29) is 41.8 Å². The topological polar surface area (TPSA) is 27.6 Å². The Morgan fingerprint density at radius 3 is 1.95 bits per heavy atom. The van der Waals surface area contributed by atoms with Crippen LogP contribution in [0.1, 0.15) is 59.3 Å². The van der Waals surface area contributed by atoms with Gasteiger partial charge in [0.2, 0.25) is 0 Å². The molecule has 1 aliphatic carbocycles. The highest BCUT2D eigenvalue weighted by Crippen LogP contribution is 2.45. The minimum Gasteiger partial charge on any atom is -0.372 e. The molecular weight excluding hydrogens is 409 g/mol. The molecule has 2 aliphatic heterocycles. The highest BCUT2D eigenvalue weighted by atomic mass is 127. The number of piperidine rings is 1. The van der Waals surface area contributed by atoms with Gasteiger partial charge in [0.15, 0.2) is 0 Å². The Balaban J connectivity index is 0.000000374. The van der Waals surface area contributed by atoms with Crippen molar-refractivity contribution in [1.82, 2.24) is 10.2 Å². The summed E-state index contributed by atoms with van der Waals surface area (Å²) >= 11 is 0. The van der Waals surface area contributed by atoms with Crippen LogP contribution in [-0.4, -0.2) is 44.0 Å². The van der Waals surface area contributed by atoms with Crippen LogP contribution in [0.3, 0.4) is 0 Å². The molecule has 3 nitrogen and oxygen atoms in total. The Morgan fingerprint density at radius 2 is 1.59 bits per heavy atom. The van der Waals surface area contributed by atoms with Crippen molar-refractivity contribution in [3.63, 3.8) is 0 Å². The Kier molecular flexibility index (Phi) is 9.87. The molecule has 0 amide bonds. The molecule has 0 radical (unpaired) electrons. The molecule has 1 spiro atoms. The third-order valence-corrected chi connectivity index (χ3v) is 5.10. The molecule has 0 aromatic rings. The lowest BCUT2D eigenvalue weighted by Crippen LogP contribution is -2.36. The van der Waals surface area contributed by atoms with Crippen LogP contribution in [0.4, 0.5) is 0 Å². The Hall–Kier alpha value is 0.450. The van der Waals surface area contributed by atoms with Gasteiger partial charge in [0.05, 0.1) is 6.54 Å². The van der Waals surface area contributed by atoms with Gasteiger partial charge in [-0.1, -0.05) is 33.6 Å². The summed E-state index contributed by atoms with van der Waals surface area (Å²) in [4.78, 5) is 6.79. The summed E-state index contributed by atoms with van der Waals surface area (Å²) < 4.78 is 0. The number of aliphatic imine (C=N–C) groups is 1. The van der Waals surface area contributed by atoms with Gasteiger partial charge >= 0.3 is 0 Å². The van der Waals surface area contributed by atoms with Gasteiger partial charge < -0.3 is 10.2 Å². The molecule has 0 unspecified atom stereocenters. The number of amidine groups is 1. The fourth-order valence-corrected chi connectivity index (χ4v) is 3.62. The molecule has 0 atom stereocenters. The monoisotopic (exact) mass is 443 g/mol. The summed E-state index contributed by atoms with van der Waals surface area (Å²) in [5.41, 5.74) is 1.03. The van der Waals surface area contributed by atoms with Crippen LogP contribution >= 0.6 is 36.4 Å². The number of hydrogen-bond acceptors (Lipinski definition) is 3. The van der Waals surface area contributed by atoms with Crippen molar-refractivity contribution in [3.05, 3.63) is 0 Å². The molecule has 1 N–H and O–H groups in total. The van der Waals surface area contributed by atoms with Gasteiger partial charge in [0, 0.05) is 12.0 Å². The van der Waals surface area contributed by atoms with Crippen molar-refractivity contribution in [2.45, 2.75) is 59.3 Å². The summed E-state index contributed by atoms with van der Waals surface area (Å²) in [7, 11) is 2.25. The first-order valence-electron chi connectivity index (χ1n) is 8.39. The van der Waals surface area contributed by atoms with Crippen LogP contribution in [0.25, 0.3) is 0 Å². The van der Waals surface area contributed by atoms with Crippen LogP contribution < -0.4 is 5.32 Å². The number of nitrogens with zero attached hydrogens (tertiary/aromatic N) is 2. The van der Waals surface area contributed by atoms with Crippen LogP contribution in [0.2, 0.25) is 0 Å². The highest BCUT2D eigenvalue weighted by Gasteiger charge is 2.35. The van der Waals surface area contributed by atoms with Crippen molar-refractivity contribution in [1.29, 1.82) is 0 Å². The fourth-order valence-electron chi connectivity index (χ4n) is 3.62. The maximum absolute atomic E-state index is 4.31. The largest absolute Gasteiger partial charge is 0.372 e. The van der Waals surface area contributed by atoms with Crippen molar-refractivity contribution in [3.8, 4) is 0 Å². The van der Waals surface area contributed by atoms with Gasteiger partial charge in [-0.15, -0.1) is 36.4 Å². The quantitative estimate of drug-likeness (QED) is 0.564. The van der Waals surface area contributed by atoms with Crippen molar-refractivity contribution >= 4 is 42.2 Å². The first kappa shape index (κ1) is 22.4. The lowest BCUT2D eigenvalue weighted by molar-refractivity contribution is 0.128. The van der Waals surface area contributed by atoms with E-state index in [2.05, 4.69) is 43.0 Å². The lowest BCUT2D eigenvalue weighted by atomic mass is 9.77. The lowest BCUT2D eigenvalue weighted by Gasteiger charge is -2.37. The van der Waals surface area contributed by atoms with E-state index in [1.807, 2.05) is 0 Å². The molecule has 5 heteroatoms. The molecule has 3 rings (SSSR count). The van der Waals surface area contributed by atoms with E-state index >= 15 is 0 Å². The second kappa shape index (κ2) is 9.67. The summed E-state index contributed by atoms with van der Waals surface area (Å²) in [5, 5.41) is 3.25. The molecule has 1 saturated heterocycles. The second-order valence-electron chi connectivity index (χ2n) is 7.92. The van der Waals surface area contributed by atoms with Gasteiger partial charge in [-0.25, -0.2) is 0 Å². The first-order chi connectivity index (χ1) is 9.41. The third kappa shape index (κ3) is 6.52. The SMILES string of the molecule is CC(C)(C)C1=NCCN1.CN1CCC2(CCCC2)CC1.Cl.I. The zero-order valence-electron chi connectivity index (χ0n) is 14.8. The molecule has 0 bridgehead atoms. The fraction of sp³-hybridized carbons (Fsp3) is 0.941. The zero-order chi connectivity index (χ0) is 14.6.